The zero-order valence-electron chi connectivity index (χ0n) is 28.1. The van der Waals surface area contributed by atoms with Crippen molar-refractivity contribution in [3.05, 3.63) is 119 Å². The van der Waals surface area contributed by atoms with Crippen LogP contribution in [-0.2, 0) is 44.8 Å². The third kappa shape index (κ3) is 9.74. The average Bonchev–Trinajstić information content (AvgIpc) is 3.67. The molecule has 5 atom stereocenters. The Bertz CT molecular complexity index is 1650. The third-order valence-corrected chi connectivity index (χ3v) is 8.21. The highest BCUT2D eigenvalue weighted by molar-refractivity contribution is 5.99. The molecule has 51 heavy (non-hydrogen) atoms. The van der Waals surface area contributed by atoms with Crippen molar-refractivity contribution in [2.24, 2.45) is 0 Å². The molecule has 0 bridgehead atoms. The minimum Gasteiger partial charge on any atom is -0.466 e. The Hall–Kier alpha value is -5.66. The number of hydrogen-bond donors (Lipinski definition) is 1. The van der Waals surface area contributed by atoms with Gasteiger partial charge in [-0.15, -0.1) is 20.2 Å². The van der Waals surface area contributed by atoms with E-state index in [-0.39, 0.29) is 36.7 Å². The van der Waals surface area contributed by atoms with E-state index in [4.69, 9.17) is 18.9 Å². The lowest BCUT2D eigenvalue weighted by molar-refractivity contribution is -0.769. The van der Waals surface area contributed by atoms with Crippen LogP contribution in [0.15, 0.2) is 77.1 Å². The van der Waals surface area contributed by atoms with Gasteiger partial charge in [0.2, 0.25) is 0 Å². The lowest BCUT2D eigenvalue weighted by Gasteiger charge is -2.30. The van der Waals surface area contributed by atoms with Gasteiger partial charge in [-0.25, -0.2) is 9.59 Å². The first kappa shape index (κ1) is 38.1. The van der Waals surface area contributed by atoms with Crippen molar-refractivity contribution in [1.82, 2.24) is 10.2 Å². The van der Waals surface area contributed by atoms with E-state index < -0.39 is 57.4 Å². The van der Waals surface area contributed by atoms with E-state index in [1.165, 1.54) is 25.3 Å². The van der Waals surface area contributed by atoms with Gasteiger partial charge >= 0.3 is 11.9 Å². The molecule has 1 unspecified atom stereocenters. The number of ether oxygens (including phenoxy) is 4. The summed E-state index contributed by atoms with van der Waals surface area (Å²) in [5.74, 6) is -2.11. The molecule has 0 radical (unpaired) electrons. The van der Waals surface area contributed by atoms with Gasteiger partial charge in [0.05, 0.1) is 42.3 Å². The van der Waals surface area contributed by atoms with Gasteiger partial charge in [-0.1, -0.05) is 42.5 Å². The molecule has 0 amide bonds. The van der Waals surface area contributed by atoms with E-state index in [1.807, 2.05) is 42.3 Å². The lowest BCUT2D eigenvalue weighted by Crippen LogP contribution is -2.35. The zero-order chi connectivity index (χ0) is 37.2. The number of nitro groups is 1. The molecule has 1 N–H and O–H groups in total. The number of carbonyl (C=O) groups is 2. The lowest BCUT2D eigenvalue weighted by atomic mass is 9.80. The summed E-state index contributed by atoms with van der Waals surface area (Å²) in [4.78, 5) is 67.8. The van der Waals surface area contributed by atoms with Crippen molar-refractivity contribution >= 4 is 17.6 Å². The highest BCUT2D eigenvalue weighted by Crippen LogP contribution is 2.40. The van der Waals surface area contributed by atoms with Gasteiger partial charge in [0.25, 0.3) is 15.9 Å². The number of fused-ring (bicyclic) bond motifs is 1. The van der Waals surface area contributed by atoms with Crippen molar-refractivity contribution < 1.29 is 53.3 Å². The summed E-state index contributed by atoms with van der Waals surface area (Å²) in [6, 6.07) is 15.8. The largest absolute Gasteiger partial charge is 0.466 e. The number of likely N-dealkylation sites (N-methyl/N-ethyl adjacent to an activating group) is 1. The molecule has 5 rings (SSSR count). The summed E-state index contributed by atoms with van der Waals surface area (Å²) < 4.78 is 20.8. The van der Waals surface area contributed by atoms with Gasteiger partial charge in [-0.3, -0.25) is 15.0 Å². The molecule has 0 aliphatic carbocycles. The molecule has 2 aromatic carbocycles. The fourth-order valence-corrected chi connectivity index (χ4v) is 5.97. The van der Waals surface area contributed by atoms with Crippen LogP contribution in [0.4, 0.5) is 5.69 Å². The maximum absolute atomic E-state index is 13.3. The van der Waals surface area contributed by atoms with Gasteiger partial charge in [0.15, 0.2) is 12.2 Å². The molecular formula is C32H37N5O14. The second-order valence-corrected chi connectivity index (χ2v) is 11.7. The van der Waals surface area contributed by atoms with E-state index in [0.717, 1.165) is 5.56 Å². The van der Waals surface area contributed by atoms with Crippen LogP contribution in [-0.4, -0.2) is 96.9 Å². The molecule has 3 heterocycles. The smallest absolute Gasteiger partial charge is 0.336 e. The van der Waals surface area contributed by atoms with Crippen LogP contribution in [0.2, 0.25) is 0 Å². The van der Waals surface area contributed by atoms with Gasteiger partial charge in [-0.2, -0.15) is 0 Å². The number of esters is 2. The Kier molecular flexibility index (Phi) is 13.0. The molecule has 2 fully saturated rings. The molecule has 3 aliphatic rings. The minimum absolute atomic E-state index is 0.0477. The number of rotatable bonds is 13. The number of nitro benzene ring substituents is 1. The summed E-state index contributed by atoms with van der Waals surface area (Å²) in [6.45, 7) is 4.65. The van der Waals surface area contributed by atoms with Crippen molar-refractivity contribution in [2.45, 2.75) is 50.7 Å². The van der Waals surface area contributed by atoms with Crippen molar-refractivity contribution in [2.75, 3.05) is 40.5 Å². The fraction of sp³-hybridized carbons (Fsp3) is 0.438. The SMILES string of the molecule is COC(=O)C1=C(C)NC(C)=C(C(=O)OCCN(C)Cc2ccccc2)C1c1cccc([N+](=O)[O-])c1.O=[N+]([O-])O[C@H]1CO[C@H]2[C@@H]1OC[C@H]2O[N+](=O)[O-]. The molecule has 19 heteroatoms. The number of hydrogen-bond acceptors (Lipinski definition) is 16. The summed E-state index contributed by atoms with van der Waals surface area (Å²) in [5, 5.41) is 32.8. The second-order valence-electron chi connectivity index (χ2n) is 11.7. The first-order valence-electron chi connectivity index (χ1n) is 15.6. The zero-order valence-corrected chi connectivity index (χ0v) is 28.1. The van der Waals surface area contributed by atoms with Crippen LogP contribution in [0, 0.1) is 30.3 Å². The van der Waals surface area contributed by atoms with E-state index >= 15 is 0 Å². The highest BCUT2D eigenvalue weighted by atomic mass is 17.0. The molecule has 0 spiro atoms. The van der Waals surface area contributed by atoms with Gasteiger partial charge in [-0.05, 0) is 32.0 Å². The van der Waals surface area contributed by atoms with Crippen LogP contribution in [0.1, 0.15) is 30.9 Å². The van der Waals surface area contributed by atoms with Crippen LogP contribution < -0.4 is 5.32 Å². The Morgan fingerprint density at radius 3 is 1.96 bits per heavy atom. The molecule has 274 valence electrons. The molecule has 3 aliphatic heterocycles. The van der Waals surface area contributed by atoms with Crippen molar-refractivity contribution in [3.8, 4) is 0 Å². The summed E-state index contributed by atoms with van der Waals surface area (Å²) in [5.41, 5.74) is 2.85. The standard InChI is InChI=1S/C26H29N3O6.C6H8N2O8/c1-17-22(25(30)34-4)24(20-11-8-12-21(15-20)29(32)33)23(18(2)27-17)26(31)35-14-13-28(3)16-19-9-6-5-7-10-19;9-7(10)15-3-1-13-6-4(16-8(11)12)2-14-5(3)6/h5-12,15,24,27H,13-14,16H2,1-4H3;3-6H,1-2H2/t;3-,4+,5-,6-/m.1/s1. The van der Waals surface area contributed by atoms with Crippen LogP contribution >= 0.6 is 0 Å². The molecular weight excluding hydrogens is 678 g/mol. The Morgan fingerprint density at radius 1 is 0.863 bits per heavy atom. The van der Waals surface area contributed by atoms with Crippen LogP contribution in [0.3, 0.4) is 0 Å². The number of nitrogens with one attached hydrogen (secondary N) is 1. The number of methoxy groups -OCH3 is 1. The van der Waals surface area contributed by atoms with Gasteiger partial charge in [0.1, 0.15) is 18.8 Å². The number of non-ortho nitro benzene ring substituents is 1. The minimum atomic E-state index is -0.943. The third-order valence-electron chi connectivity index (χ3n) is 8.21. The predicted molar refractivity (Wildman–Crippen MR) is 173 cm³/mol. The Labute approximate surface area is 291 Å². The quantitative estimate of drug-likeness (QED) is 0.178. The maximum Gasteiger partial charge on any atom is 0.336 e. The van der Waals surface area contributed by atoms with Gasteiger partial charge < -0.3 is 33.9 Å². The molecule has 0 saturated carbocycles. The Morgan fingerprint density at radius 2 is 1.43 bits per heavy atom. The summed E-state index contributed by atoms with van der Waals surface area (Å²) in [6.07, 6.45) is -3.12. The van der Waals surface area contributed by atoms with Crippen molar-refractivity contribution in [3.63, 3.8) is 0 Å². The molecule has 0 aromatic heterocycles. The highest BCUT2D eigenvalue weighted by Gasteiger charge is 2.51. The normalized spacial score (nSPS) is 22.3. The topological polar surface area (TPSA) is 234 Å². The molecule has 2 aromatic rings. The monoisotopic (exact) mass is 715 g/mol. The van der Waals surface area contributed by atoms with Crippen LogP contribution in [0.5, 0.6) is 0 Å². The number of carbonyl (C=O) groups excluding carboxylic acids is 2. The first-order valence-corrected chi connectivity index (χ1v) is 15.6. The number of benzene rings is 2. The van der Waals surface area contributed by atoms with Gasteiger partial charge in [0, 0.05) is 36.6 Å². The molecule has 2 saturated heterocycles. The number of dihydropyridines is 1. The maximum atomic E-state index is 13.3. The number of nitrogens with zero attached hydrogens (tertiary/aromatic N) is 4. The van der Waals surface area contributed by atoms with E-state index in [1.54, 1.807) is 19.9 Å². The van der Waals surface area contributed by atoms with E-state index in [2.05, 4.69) is 15.0 Å². The predicted octanol–water partition coefficient (Wildman–Crippen LogP) is 2.62. The van der Waals surface area contributed by atoms with Crippen molar-refractivity contribution in [1.29, 1.82) is 0 Å². The Balaban J connectivity index is 0.000000302. The average molecular weight is 716 g/mol. The summed E-state index contributed by atoms with van der Waals surface area (Å²) in [7, 11) is 3.18. The first-order chi connectivity index (χ1) is 24.3. The van der Waals surface area contributed by atoms with Crippen LogP contribution in [0.25, 0.3) is 0 Å². The van der Waals surface area contributed by atoms with E-state index in [9.17, 15) is 39.9 Å². The van der Waals surface area contributed by atoms with E-state index in [0.29, 0.717) is 30.0 Å². The fourth-order valence-electron chi connectivity index (χ4n) is 5.97. The summed E-state index contributed by atoms with van der Waals surface area (Å²) >= 11 is 0. The number of allylic oxidation sites excluding steroid dienone is 2. The molecule has 19 nitrogen and oxygen atoms in total. The second kappa shape index (κ2) is 17.3.